The molecule has 15 heavy (non-hydrogen) atoms. The number of benzene rings is 1. The van der Waals surface area contributed by atoms with E-state index >= 15 is 0 Å². The van der Waals surface area contributed by atoms with Gasteiger partial charge in [0.25, 0.3) is 0 Å². The van der Waals surface area contributed by atoms with Crippen LogP contribution in [-0.2, 0) is 0 Å². The first-order valence-corrected chi connectivity index (χ1v) is 5.22. The Morgan fingerprint density at radius 3 is 2.60 bits per heavy atom. The van der Waals surface area contributed by atoms with Crippen molar-refractivity contribution < 1.29 is 0 Å². The van der Waals surface area contributed by atoms with E-state index in [-0.39, 0.29) is 12.0 Å². The van der Waals surface area contributed by atoms with Crippen LogP contribution in [0.5, 0.6) is 0 Å². The molecule has 2 rings (SSSR count). The fourth-order valence-corrected chi connectivity index (χ4v) is 1.93. The molecule has 2 atom stereocenters. The van der Waals surface area contributed by atoms with Crippen LogP contribution in [-0.4, -0.2) is 0 Å². The summed E-state index contributed by atoms with van der Waals surface area (Å²) < 4.78 is 0. The van der Waals surface area contributed by atoms with E-state index in [0.717, 1.165) is 17.7 Å². The first-order valence-electron chi connectivity index (χ1n) is 5.22. The second-order valence-electron chi connectivity index (χ2n) is 3.87. The molecule has 4 N–H and O–H groups in total. The zero-order valence-electron chi connectivity index (χ0n) is 8.64. The molecule has 0 radical (unpaired) electrons. The molecule has 1 aromatic carbocycles. The Hall–Kier alpha value is -1.54. The van der Waals surface area contributed by atoms with Crippen LogP contribution in [0.4, 0.5) is 0 Å². The highest BCUT2D eigenvalue weighted by molar-refractivity contribution is 5.26. The Labute approximate surface area is 90.3 Å². The molecule has 2 heteroatoms. The summed E-state index contributed by atoms with van der Waals surface area (Å²) in [6, 6.07) is 10.1. The lowest BCUT2D eigenvalue weighted by Gasteiger charge is -2.25. The summed E-state index contributed by atoms with van der Waals surface area (Å²) >= 11 is 0. The van der Waals surface area contributed by atoms with Crippen molar-refractivity contribution in [3.8, 4) is 0 Å². The number of hydrogen-bond donors (Lipinski definition) is 2. The fraction of sp³-hybridized carbons (Fsp3) is 0.231. The van der Waals surface area contributed by atoms with Crippen LogP contribution >= 0.6 is 0 Å². The van der Waals surface area contributed by atoms with Crippen molar-refractivity contribution in [3.63, 3.8) is 0 Å². The fourth-order valence-electron chi connectivity index (χ4n) is 1.93. The van der Waals surface area contributed by atoms with Gasteiger partial charge in [-0.05, 0) is 18.1 Å². The molecular weight excluding hydrogens is 184 g/mol. The first-order chi connectivity index (χ1) is 7.29. The summed E-state index contributed by atoms with van der Waals surface area (Å²) in [5.41, 5.74) is 14.2. The monoisotopic (exact) mass is 200 g/mol. The normalized spacial score (nSPS) is 22.2. The quantitative estimate of drug-likeness (QED) is 0.768. The maximum Gasteiger partial charge on any atom is 0.0381 e. The summed E-state index contributed by atoms with van der Waals surface area (Å²) in [6.45, 7) is 0. The molecule has 0 fully saturated rings. The lowest BCUT2D eigenvalue weighted by atomic mass is 9.86. The molecule has 1 aliphatic carbocycles. The van der Waals surface area contributed by atoms with E-state index in [0.29, 0.717) is 0 Å². The SMILES string of the molecule is NC1=CC=CCC1C(N)c1ccccc1. The van der Waals surface area contributed by atoms with Crippen LogP contribution in [0.1, 0.15) is 18.0 Å². The van der Waals surface area contributed by atoms with Crippen molar-refractivity contribution in [1.29, 1.82) is 0 Å². The second-order valence-corrected chi connectivity index (χ2v) is 3.87. The largest absolute Gasteiger partial charge is 0.402 e. The Bertz CT molecular complexity index is 379. The summed E-state index contributed by atoms with van der Waals surface area (Å²) in [5.74, 6) is 0.234. The predicted octanol–water partition coefficient (Wildman–Crippen LogP) is 2.11. The van der Waals surface area contributed by atoms with Crippen molar-refractivity contribution in [1.82, 2.24) is 0 Å². The number of nitrogens with two attached hydrogens (primary N) is 2. The van der Waals surface area contributed by atoms with Crippen LogP contribution in [0.3, 0.4) is 0 Å². The molecule has 0 aromatic heterocycles. The molecule has 0 amide bonds. The van der Waals surface area contributed by atoms with Gasteiger partial charge in [-0.1, -0.05) is 42.5 Å². The van der Waals surface area contributed by atoms with Crippen LogP contribution in [0.2, 0.25) is 0 Å². The minimum Gasteiger partial charge on any atom is -0.402 e. The summed E-state index contributed by atoms with van der Waals surface area (Å²) in [4.78, 5) is 0. The highest BCUT2D eigenvalue weighted by atomic mass is 14.7. The van der Waals surface area contributed by atoms with Crippen molar-refractivity contribution in [2.45, 2.75) is 12.5 Å². The second kappa shape index (κ2) is 4.32. The zero-order valence-corrected chi connectivity index (χ0v) is 8.64. The van der Waals surface area contributed by atoms with Crippen LogP contribution in [0.25, 0.3) is 0 Å². The van der Waals surface area contributed by atoms with Gasteiger partial charge in [-0.3, -0.25) is 0 Å². The van der Waals surface area contributed by atoms with E-state index in [4.69, 9.17) is 11.5 Å². The molecule has 0 heterocycles. The van der Waals surface area contributed by atoms with Gasteiger partial charge in [-0.2, -0.15) is 0 Å². The first kappa shape index (κ1) is 9.99. The maximum atomic E-state index is 6.21. The molecule has 2 nitrogen and oxygen atoms in total. The standard InChI is InChI=1S/C13H16N2/c14-12-9-5-4-8-11(12)13(15)10-6-2-1-3-7-10/h1-7,9,11,13H,8,14-15H2. The number of hydrogen-bond acceptors (Lipinski definition) is 2. The molecular formula is C13H16N2. The minimum absolute atomic E-state index is 0.00704. The highest BCUT2D eigenvalue weighted by Crippen LogP contribution is 2.28. The topological polar surface area (TPSA) is 52.0 Å². The molecule has 2 unspecified atom stereocenters. The van der Waals surface area contributed by atoms with E-state index in [1.54, 1.807) is 0 Å². The van der Waals surface area contributed by atoms with Crippen LogP contribution in [0, 0.1) is 5.92 Å². The van der Waals surface area contributed by atoms with Crippen LogP contribution < -0.4 is 11.5 Å². The number of rotatable bonds is 2. The van der Waals surface area contributed by atoms with Gasteiger partial charge in [0.05, 0.1) is 0 Å². The molecule has 1 aromatic rings. The third-order valence-electron chi connectivity index (χ3n) is 2.86. The van der Waals surface area contributed by atoms with E-state index in [1.807, 2.05) is 30.4 Å². The summed E-state index contributed by atoms with van der Waals surface area (Å²) in [5, 5.41) is 0. The minimum atomic E-state index is -0.00704. The van der Waals surface area contributed by atoms with Gasteiger partial charge in [-0.25, -0.2) is 0 Å². The molecule has 0 spiro atoms. The average Bonchev–Trinajstić information content (AvgIpc) is 2.30. The van der Waals surface area contributed by atoms with Gasteiger partial charge in [0.15, 0.2) is 0 Å². The van der Waals surface area contributed by atoms with E-state index < -0.39 is 0 Å². The summed E-state index contributed by atoms with van der Waals surface area (Å²) in [7, 11) is 0. The van der Waals surface area contributed by atoms with Gasteiger partial charge in [0, 0.05) is 17.7 Å². The van der Waals surface area contributed by atoms with Gasteiger partial charge >= 0.3 is 0 Å². The lowest BCUT2D eigenvalue weighted by molar-refractivity contribution is 0.492. The van der Waals surface area contributed by atoms with Gasteiger partial charge in [-0.15, -0.1) is 0 Å². The third kappa shape index (κ3) is 2.10. The van der Waals surface area contributed by atoms with Crippen molar-refractivity contribution in [2.75, 3.05) is 0 Å². The van der Waals surface area contributed by atoms with Crippen LogP contribution in [0.15, 0.2) is 54.3 Å². The third-order valence-corrected chi connectivity index (χ3v) is 2.86. The smallest absolute Gasteiger partial charge is 0.0381 e. The maximum absolute atomic E-state index is 6.21. The molecule has 1 aliphatic rings. The van der Waals surface area contributed by atoms with Crippen molar-refractivity contribution in [3.05, 3.63) is 59.8 Å². The lowest BCUT2D eigenvalue weighted by Crippen LogP contribution is -2.27. The molecule has 78 valence electrons. The van der Waals surface area contributed by atoms with Crippen molar-refractivity contribution in [2.24, 2.45) is 17.4 Å². The van der Waals surface area contributed by atoms with Crippen molar-refractivity contribution >= 4 is 0 Å². The van der Waals surface area contributed by atoms with E-state index in [2.05, 4.69) is 18.2 Å². The molecule has 0 saturated carbocycles. The Balaban J connectivity index is 2.19. The highest BCUT2D eigenvalue weighted by Gasteiger charge is 2.21. The Kier molecular flexibility index (Phi) is 2.88. The number of allylic oxidation sites excluding steroid dienone is 3. The Morgan fingerprint density at radius 1 is 1.20 bits per heavy atom. The van der Waals surface area contributed by atoms with E-state index in [1.165, 1.54) is 0 Å². The predicted molar refractivity (Wildman–Crippen MR) is 62.9 cm³/mol. The van der Waals surface area contributed by atoms with Gasteiger partial charge in [0.1, 0.15) is 0 Å². The summed E-state index contributed by atoms with van der Waals surface area (Å²) in [6.07, 6.45) is 6.97. The zero-order chi connectivity index (χ0) is 10.7. The van der Waals surface area contributed by atoms with E-state index in [9.17, 15) is 0 Å². The van der Waals surface area contributed by atoms with Gasteiger partial charge < -0.3 is 11.5 Å². The average molecular weight is 200 g/mol. The Morgan fingerprint density at radius 2 is 1.93 bits per heavy atom. The molecule has 0 bridgehead atoms. The van der Waals surface area contributed by atoms with Gasteiger partial charge in [0.2, 0.25) is 0 Å². The molecule has 0 aliphatic heterocycles. The molecule has 0 saturated heterocycles.